The molecule has 1 N–H and O–H groups in total. The SMILES string of the molecule is Cc1nc(C(F)(F)F)sc1C(=O)NC1CCCCC1. The van der Waals surface area contributed by atoms with E-state index in [9.17, 15) is 18.0 Å². The molecule has 19 heavy (non-hydrogen) atoms. The molecule has 1 aliphatic carbocycles. The van der Waals surface area contributed by atoms with Crippen LogP contribution in [0.5, 0.6) is 0 Å². The van der Waals surface area contributed by atoms with Crippen molar-refractivity contribution < 1.29 is 18.0 Å². The van der Waals surface area contributed by atoms with Crippen molar-refractivity contribution >= 4 is 17.2 Å². The highest BCUT2D eigenvalue weighted by atomic mass is 32.1. The summed E-state index contributed by atoms with van der Waals surface area (Å²) < 4.78 is 37.6. The van der Waals surface area contributed by atoms with Crippen LogP contribution in [0.3, 0.4) is 0 Å². The first kappa shape index (κ1) is 14.3. The van der Waals surface area contributed by atoms with Gasteiger partial charge in [-0.25, -0.2) is 4.98 Å². The number of nitrogens with zero attached hydrogens (tertiary/aromatic N) is 1. The lowest BCUT2D eigenvalue weighted by atomic mass is 9.95. The van der Waals surface area contributed by atoms with Crippen molar-refractivity contribution in [1.29, 1.82) is 0 Å². The van der Waals surface area contributed by atoms with E-state index in [0.29, 0.717) is 11.3 Å². The standard InChI is InChI=1S/C12H15F3N2OS/c1-7-9(19-11(16-7)12(13,14)15)10(18)17-8-5-3-2-4-6-8/h8H,2-6H2,1H3,(H,17,18). The molecule has 1 saturated carbocycles. The number of halogens is 3. The minimum absolute atomic E-state index is 0.0675. The van der Waals surface area contributed by atoms with Crippen molar-refractivity contribution in [2.24, 2.45) is 0 Å². The second-order valence-electron chi connectivity index (χ2n) is 4.74. The number of amides is 1. The highest BCUT2D eigenvalue weighted by Crippen LogP contribution is 2.34. The molecule has 2 rings (SSSR count). The fraction of sp³-hybridized carbons (Fsp3) is 0.667. The quantitative estimate of drug-likeness (QED) is 0.906. The monoisotopic (exact) mass is 292 g/mol. The Bertz CT molecular complexity index is 464. The maximum Gasteiger partial charge on any atom is 0.443 e. The highest BCUT2D eigenvalue weighted by Gasteiger charge is 2.36. The molecule has 1 fully saturated rings. The zero-order chi connectivity index (χ0) is 14.0. The lowest BCUT2D eigenvalue weighted by Crippen LogP contribution is -2.36. The van der Waals surface area contributed by atoms with E-state index in [4.69, 9.17) is 0 Å². The first-order valence-electron chi connectivity index (χ1n) is 6.23. The minimum atomic E-state index is -4.49. The van der Waals surface area contributed by atoms with E-state index in [1.54, 1.807) is 0 Å². The minimum Gasteiger partial charge on any atom is -0.349 e. The molecule has 1 amide bonds. The summed E-state index contributed by atoms with van der Waals surface area (Å²) in [5, 5.41) is 1.85. The summed E-state index contributed by atoms with van der Waals surface area (Å²) in [5.41, 5.74) is 0.144. The summed E-state index contributed by atoms with van der Waals surface area (Å²) in [6.45, 7) is 1.43. The maximum absolute atomic E-state index is 12.5. The van der Waals surface area contributed by atoms with Gasteiger partial charge in [0.25, 0.3) is 5.91 Å². The fourth-order valence-electron chi connectivity index (χ4n) is 2.23. The van der Waals surface area contributed by atoms with Crippen LogP contribution in [0.15, 0.2) is 0 Å². The number of nitrogens with one attached hydrogen (secondary N) is 1. The van der Waals surface area contributed by atoms with Crippen LogP contribution < -0.4 is 5.32 Å². The molecule has 0 atom stereocenters. The second-order valence-corrected chi connectivity index (χ2v) is 5.74. The van der Waals surface area contributed by atoms with Crippen molar-refractivity contribution in [3.05, 3.63) is 15.6 Å². The topological polar surface area (TPSA) is 42.0 Å². The Hall–Kier alpha value is -1.11. The Balaban J connectivity index is 2.08. The average molecular weight is 292 g/mol. The first-order valence-corrected chi connectivity index (χ1v) is 7.05. The molecule has 0 aliphatic heterocycles. The normalized spacial score (nSPS) is 17.5. The molecule has 1 aromatic heterocycles. The van der Waals surface area contributed by atoms with E-state index in [-0.39, 0.29) is 16.6 Å². The van der Waals surface area contributed by atoms with Crippen LogP contribution in [0.25, 0.3) is 0 Å². The van der Waals surface area contributed by atoms with Gasteiger partial charge < -0.3 is 5.32 Å². The lowest BCUT2D eigenvalue weighted by molar-refractivity contribution is -0.137. The average Bonchev–Trinajstić information content (AvgIpc) is 2.72. The number of carbonyl (C=O) groups excluding carboxylic acids is 1. The number of thiazole rings is 1. The number of carbonyl (C=O) groups is 1. The van der Waals surface area contributed by atoms with Gasteiger partial charge in [0.2, 0.25) is 0 Å². The number of rotatable bonds is 2. The summed E-state index contributed by atoms with van der Waals surface area (Å²) >= 11 is 0.415. The van der Waals surface area contributed by atoms with E-state index in [1.807, 2.05) is 0 Å². The van der Waals surface area contributed by atoms with Crippen molar-refractivity contribution in [2.45, 2.75) is 51.2 Å². The Kier molecular flexibility index (Phi) is 4.13. The summed E-state index contributed by atoms with van der Waals surface area (Å²) in [6, 6.07) is 0.0806. The van der Waals surface area contributed by atoms with Crippen LogP contribution in [0, 0.1) is 6.92 Å². The maximum atomic E-state index is 12.5. The highest BCUT2D eigenvalue weighted by molar-refractivity contribution is 7.13. The Labute approximate surface area is 113 Å². The number of aryl methyl sites for hydroxylation is 1. The van der Waals surface area contributed by atoms with Gasteiger partial charge in [0.15, 0.2) is 5.01 Å². The zero-order valence-corrected chi connectivity index (χ0v) is 11.3. The van der Waals surface area contributed by atoms with Gasteiger partial charge in [0.1, 0.15) is 4.88 Å². The Morgan fingerprint density at radius 1 is 1.32 bits per heavy atom. The smallest absolute Gasteiger partial charge is 0.349 e. The molecule has 0 radical (unpaired) electrons. The molecule has 0 saturated heterocycles. The third-order valence-corrected chi connectivity index (χ3v) is 4.39. The molecular formula is C12H15F3N2OS. The molecular weight excluding hydrogens is 277 g/mol. The van der Waals surface area contributed by atoms with Crippen LogP contribution >= 0.6 is 11.3 Å². The molecule has 0 bridgehead atoms. The molecule has 0 aromatic carbocycles. The summed E-state index contributed by atoms with van der Waals surface area (Å²) in [7, 11) is 0. The number of hydrogen-bond donors (Lipinski definition) is 1. The summed E-state index contributed by atoms with van der Waals surface area (Å²) in [5.74, 6) is -0.433. The molecule has 1 aromatic rings. The summed E-state index contributed by atoms with van der Waals surface area (Å²) in [6.07, 6.45) is 0.579. The van der Waals surface area contributed by atoms with E-state index in [1.165, 1.54) is 6.92 Å². The van der Waals surface area contributed by atoms with E-state index in [0.717, 1.165) is 32.1 Å². The van der Waals surface area contributed by atoms with Gasteiger partial charge in [0.05, 0.1) is 5.69 Å². The molecule has 7 heteroatoms. The predicted octanol–water partition coefficient (Wildman–Crippen LogP) is 3.53. The number of aromatic nitrogens is 1. The van der Waals surface area contributed by atoms with Crippen molar-refractivity contribution in [3.8, 4) is 0 Å². The Morgan fingerprint density at radius 3 is 2.47 bits per heavy atom. The molecule has 0 unspecified atom stereocenters. The van der Waals surface area contributed by atoms with E-state index >= 15 is 0 Å². The fourth-order valence-corrected chi connectivity index (χ4v) is 3.06. The second kappa shape index (κ2) is 5.48. The third-order valence-electron chi connectivity index (χ3n) is 3.19. The van der Waals surface area contributed by atoms with Gasteiger partial charge in [-0.2, -0.15) is 13.2 Å². The van der Waals surface area contributed by atoms with Crippen LogP contribution in [-0.2, 0) is 6.18 Å². The van der Waals surface area contributed by atoms with Gasteiger partial charge in [0, 0.05) is 6.04 Å². The van der Waals surface area contributed by atoms with Gasteiger partial charge >= 0.3 is 6.18 Å². The largest absolute Gasteiger partial charge is 0.443 e. The zero-order valence-electron chi connectivity index (χ0n) is 10.5. The Morgan fingerprint density at radius 2 is 1.95 bits per heavy atom. The molecule has 0 spiro atoms. The molecule has 1 aliphatic rings. The van der Waals surface area contributed by atoms with Crippen molar-refractivity contribution in [1.82, 2.24) is 10.3 Å². The third kappa shape index (κ3) is 3.46. The van der Waals surface area contributed by atoms with Crippen molar-refractivity contribution in [3.63, 3.8) is 0 Å². The molecule has 3 nitrogen and oxygen atoms in total. The molecule has 106 valence electrons. The van der Waals surface area contributed by atoms with Crippen molar-refractivity contribution in [2.75, 3.05) is 0 Å². The first-order chi connectivity index (χ1) is 8.88. The van der Waals surface area contributed by atoms with Gasteiger partial charge in [-0.15, -0.1) is 11.3 Å². The van der Waals surface area contributed by atoms with Crippen LogP contribution in [0.4, 0.5) is 13.2 Å². The molecule has 1 heterocycles. The lowest BCUT2D eigenvalue weighted by Gasteiger charge is -2.22. The van der Waals surface area contributed by atoms with Gasteiger partial charge in [-0.05, 0) is 19.8 Å². The van der Waals surface area contributed by atoms with E-state index in [2.05, 4.69) is 10.3 Å². The van der Waals surface area contributed by atoms with Crippen LogP contribution in [0.1, 0.15) is 52.5 Å². The van der Waals surface area contributed by atoms with E-state index < -0.39 is 17.1 Å². The van der Waals surface area contributed by atoms with Gasteiger partial charge in [-0.3, -0.25) is 4.79 Å². The summed E-state index contributed by atoms with van der Waals surface area (Å²) in [4.78, 5) is 15.5. The van der Waals surface area contributed by atoms with Crippen LogP contribution in [-0.4, -0.2) is 16.9 Å². The van der Waals surface area contributed by atoms with Crippen LogP contribution in [0.2, 0.25) is 0 Å². The number of hydrogen-bond acceptors (Lipinski definition) is 3. The van der Waals surface area contributed by atoms with Gasteiger partial charge in [-0.1, -0.05) is 19.3 Å². The predicted molar refractivity (Wildman–Crippen MR) is 66.2 cm³/mol. The number of alkyl halides is 3.